The Kier molecular flexibility index (Phi) is 6.64. The Balaban J connectivity index is 0.000000555. The first-order valence-corrected chi connectivity index (χ1v) is 6.94. The molecule has 0 heterocycles. The van der Waals surface area contributed by atoms with Gasteiger partial charge in [-0.25, -0.2) is 4.57 Å². The number of aryl methyl sites for hydroxylation is 1. The second-order valence-electron chi connectivity index (χ2n) is 3.55. The number of rotatable bonds is 3. The van der Waals surface area contributed by atoms with Gasteiger partial charge >= 0.3 is 13.5 Å². The van der Waals surface area contributed by atoms with Gasteiger partial charge in [-0.15, -0.1) is 0 Å². The molecule has 1 aromatic carbocycles. The first-order valence-electron chi connectivity index (χ1n) is 5.38. The van der Waals surface area contributed by atoms with Crippen molar-refractivity contribution in [1.29, 1.82) is 0 Å². The van der Waals surface area contributed by atoms with Crippen molar-refractivity contribution < 1.29 is 29.3 Å². The zero-order chi connectivity index (χ0) is 15.2. The molecule has 1 aromatic rings. The summed E-state index contributed by atoms with van der Waals surface area (Å²) < 4.78 is 8.88. The van der Waals surface area contributed by atoms with E-state index in [0.29, 0.717) is 12.0 Å². The summed E-state index contributed by atoms with van der Waals surface area (Å²) in [6.07, 6.45) is 1.30. The molecule has 0 fully saturated rings. The molecule has 108 valence electrons. The summed E-state index contributed by atoms with van der Waals surface area (Å²) in [5.41, 5.74) is 1.42. The van der Waals surface area contributed by atoms with Crippen LogP contribution < -0.4 is 0 Å². The van der Waals surface area contributed by atoms with Crippen LogP contribution in [0.3, 0.4) is 0 Å². The van der Waals surface area contributed by atoms with Gasteiger partial charge in [0.2, 0.25) is 0 Å². The molecule has 0 spiro atoms. The van der Waals surface area contributed by atoms with E-state index in [9.17, 15) is 15.2 Å². The van der Waals surface area contributed by atoms with E-state index in [2.05, 4.69) is 0 Å². The van der Waals surface area contributed by atoms with Gasteiger partial charge in [-0.3, -0.25) is 10.1 Å². The lowest BCUT2D eigenvalue weighted by atomic mass is 10.0. The molecule has 0 aromatic heterocycles. The third-order valence-electron chi connectivity index (χ3n) is 2.28. The Morgan fingerprint density at radius 2 is 1.68 bits per heavy atom. The average molecular weight is 293 g/mol. The smallest absolute Gasteiger partial charge is 0.466 e. The van der Waals surface area contributed by atoms with Crippen molar-refractivity contribution in [2.24, 2.45) is 0 Å². The predicted octanol–water partition coefficient (Wildman–Crippen LogP) is 1.50. The molecule has 8 nitrogen and oxygen atoms in total. The van der Waals surface area contributed by atoms with Crippen molar-refractivity contribution in [3.05, 3.63) is 33.4 Å². The van der Waals surface area contributed by atoms with E-state index in [0.717, 1.165) is 12.0 Å². The summed E-state index contributed by atoms with van der Waals surface area (Å²) in [4.78, 5) is 31.8. The summed E-state index contributed by atoms with van der Waals surface area (Å²) in [7, 11) is -4.64. The van der Waals surface area contributed by atoms with Crippen LogP contribution in [-0.4, -0.2) is 24.7 Å². The van der Waals surface area contributed by atoms with E-state index in [-0.39, 0.29) is 11.4 Å². The van der Waals surface area contributed by atoms with Crippen molar-refractivity contribution >= 4 is 13.5 Å². The van der Waals surface area contributed by atoms with Crippen LogP contribution in [0.15, 0.2) is 12.1 Å². The van der Waals surface area contributed by atoms with E-state index in [4.69, 9.17) is 19.2 Å². The van der Waals surface area contributed by atoms with Gasteiger partial charge in [0.1, 0.15) is 0 Å². The molecule has 0 unspecified atom stereocenters. The van der Waals surface area contributed by atoms with Crippen molar-refractivity contribution in [1.82, 2.24) is 0 Å². The lowest BCUT2D eigenvalue weighted by Gasteiger charge is -2.07. The average Bonchev–Trinajstić information content (AvgIpc) is 2.25. The summed E-state index contributed by atoms with van der Waals surface area (Å²) in [5.74, 6) is -0.246. The van der Waals surface area contributed by atoms with Gasteiger partial charge in [0.25, 0.3) is 0 Å². The van der Waals surface area contributed by atoms with Crippen molar-refractivity contribution in [3.63, 3.8) is 0 Å². The molecule has 0 aliphatic rings. The van der Waals surface area contributed by atoms with Crippen LogP contribution in [-0.2, 0) is 17.4 Å². The van der Waals surface area contributed by atoms with Crippen LogP contribution in [0, 0.1) is 10.1 Å². The van der Waals surface area contributed by atoms with Crippen LogP contribution in [0.25, 0.3) is 0 Å². The highest BCUT2D eigenvalue weighted by molar-refractivity contribution is 7.45. The minimum atomic E-state index is -4.64. The summed E-state index contributed by atoms with van der Waals surface area (Å²) in [5, 5.41) is 20.1. The van der Waals surface area contributed by atoms with Crippen LogP contribution in [0.2, 0.25) is 0 Å². The lowest BCUT2D eigenvalue weighted by Crippen LogP contribution is -1.99. The maximum Gasteiger partial charge on any atom is 0.466 e. The molecule has 0 aliphatic heterocycles. The first kappa shape index (κ1) is 17.5. The summed E-state index contributed by atoms with van der Waals surface area (Å²) in [6.45, 7) is 3.79. The molecule has 4 N–H and O–H groups in total. The molecule has 0 atom stereocenters. The largest absolute Gasteiger partial charge is 0.502 e. The Morgan fingerprint density at radius 3 is 2.00 bits per heavy atom. The highest BCUT2D eigenvalue weighted by Crippen LogP contribution is 2.32. The molecule has 0 aliphatic carbocycles. The number of nitrogens with zero attached hydrogens (tertiary/aromatic N) is 1. The second-order valence-corrected chi connectivity index (χ2v) is 4.58. The van der Waals surface area contributed by atoms with Gasteiger partial charge in [-0.1, -0.05) is 19.9 Å². The standard InChI is InChI=1S/C10H13NO3.H3O4P/c1-3-7-5-6-9(12)10(11(13)14)8(7)4-2;1-5(2,3)4/h5-6,12H,3-4H2,1-2H3;(H3,1,2,3,4). The third-order valence-corrected chi connectivity index (χ3v) is 2.28. The number of phenols is 1. The number of benzene rings is 1. The summed E-state index contributed by atoms with van der Waals surface area (Å²) in [6, 6.07) is 3.12. The molecule has 0 amide bonds. The van der Waals surface area contributed by atoms with Crippen LogP contribution in [0.1, 0.15) is 25.0 Å². The van der Waals surface area contributed by atoms with Crippen molar-refractivity contribution in [3.8, 4) is 5.75 Å². The lowest BCUT2D eigenvalue weighted by molar-refractivity contribution is -0.386. The minimum absolute atomic E-state index is 0.146. The number of nitro benzene ring substituents is 1. The molecule has 19 heavy (non-hydrogen) atoms. The first-order chi connectivity index (χ1) is 8.61. The third kappa shape index (κ3) is 6.30. The molecular formula is C10H16NO7P. The number of hydrogen-bond acceptors (Lipinski definition) is 4. The minimum Gasteiger partial charge on any atom is -0.502 e. The normalized spacial score (nSPS) is 10.6. The van der Waals surface area contributed by atoms with Crippen LogP contribution >= 0.6 is 7.82 Å². The number of hydrogen-bond donors (Lipinski definition) is 4. The molecule has 9 heteroatoms. The Hall–Kier alpha value is -1.47. The van der Waals surface area contributed by atoms with Gasteiger partial charge < -0.3 is 19.8 Å². The zero-order valence-electron chi connectivity index (χ0n) is 10.5. The monoisotopic (exact) mass is 293 g/mol. The molecular weight excluding hydrogens is 277 g/mol. The molecule has 1 rings (SSSR count). The Bertz CT molecular complexity index is 489. The van der Waals surface area contributed by atoms with Gasteiger partial charge in [0, 0.05) is 5.56 Å². The Morgan fingerprint density at radius 1 is 1.21 bits per heavy atom. The topological polar surface area (TPSA) is 141 Å². The van der Waals surface area contributed by atoms with Crippen molar-refractivity contribution in [2.45, 2.75) is 26.7 Å². The maximum absolute atomic E-state index is 10.7. The highest BCUT2D eigenvalue weighted by atomic mass is 31.2. The van der Waals surface area contributed by atoms with Gasteiger partial charge in [-0.2, -0.15) is 0 Å². The maximum atomic E-state index is 10.7. The number of nitro groups is 1. The van der Waals surface area contributed by atoms with E-state index in [1.165, 1.54) is 6.07 Å². The van der Waals surface area contributed by atoms with Crippen molar-refractivity contribution in [2.75, 3.05) is 0 Å². The van der Waals surface area contributed by atoms with Crippen LogP contribution in [0.5, 0.6) is 5.75 Å². The zero-order valence-corrected chi connectivity index (χ0v) is 11.4. The Labute approximate surface area is 109 Å². The number of phenolic OH excluding ortho intramolecular Hbond substituents is 1. The van der Waals surface area contributed by atoms with Gasteiger partial charge in [-0.05, 0) is 24.5 Å². The quantitative estimate of drug-likeness (QED) is 0.376. The summed E-state index contributed by atoms with van der Waals surface area (Å²) >= 11 is 0. The fraction of sp³-hybridized carbons (Fsp3) is 0.400. The number of phosphoric acid groups is 1. The number of aromatic hydroxyl groups is 1. The van der Waals surface area contributed by atoms with E-state index in [1.807, 2.05) is 13.8 Å². The highest BCUT2D eigenvalue weighted by Gasteiger charge is 2.20. The SMILES string of the molecule is CCc1ccc(O)c([N+](=O)[O-])c1CC.O=P(O)(O)O. The van der Waals surface area contributed by atoms with E-state index < -0.39 is 12.7 Å². The second kappa shape index (κ2) is 7.20. The fourth-order valence-electron chi connectivity index (χ4n) is 1.60. The van der Waals surface area contributed by atoms with Gasteiger partial charge in [0.15, 0.2) is 5.75 Å². The molecule has 0 saturated heterocycles. The molecule has 0 radical (unpaired) electrons. The predicted molar refractivity (Wildman–Crippen MR) is 67.8 cm³/mol. The van der Waals surface area contributed by atoms with Crippen LogP contribution in [0.4, 0.5) is 5.69 Å². The van der Waals surface area contributed by atoms with Gasteiger partial charge in [0.05, 0.1) is 4.92 Å². The molecule has 0 saturated carbocycles. The molecule has 0 bridgehead atoms. The fourth-order valence-corrected chi connectivity index (χ4v) is 1.60. The van der Waals surface area contributed by atoms with E-state index >= 15 is 0 Å². The van der Waals surface area contributed by atoms with E-state index in [1.54, 1.807) is 6.07 Å².